The van der Waals surface area contributed by atoms with Crippen molar-refractivity contribution in [1.29, 1.82) is 0 Å². The van der Waals surface area contributed by atoms with Crippen molar-refractivity contribution in [1.82, 2.24) is 15.5 Å². The third-order valence-electron chi connectivity index (χ3n) is 3.10. The summed E-state index contributed by atoms with van der Waals surface area (Å²) in [6.45, 7) is 5.67. The van der Waals surface area contributed by atoms with Gasteiger partial charge in [-0.05, 0) is 40.8 Å². The van der Waals surface area contributed by atoms with E-state index in [-0.39, 0.29) is 5.91 Å². The fourth-order valence-corrected chi connectivity index (χ4v) is 2.97. The second-order valence-corrected chi connectivity index (χ2v) is 6.12. The summed E-state index contributed by atoms with van der Waals surface area (Å²) in [5.41, 5.74) is 0.544. The van der Waals surface area contributed by atoms with Crippen molar-refractivity contribution in [2.24, 2.45) is 0 Å². The van der Waals surface area contributed by atoms with Crippen LogP contribution >= 0.6 is 34.2 Å². The van der Waals surface area contributed by atoms with Gasteiger partial charge in [-0.25, -0.2) is 0 Å². The smallest absolute Gasteiger partial charge is 0.252 e. The van der Waals surface area contributed by atoms with Gasteiger partial charge in [0.25, 0.3) is 5.91 Å². The van der Waals surface area contributed by atoms with E-state index in [1.165, 1.54) is 0 Å². The molecule has 0 radical (unpaired) electrons. The highest BCUT2D eigenvalue weighted by Gasteiger charge is 2.12. The summed E-state index contributed by atoms with van der Waals surface area (Å²) in [5.74, 6) is -0.100. The van der Waals surface area contributed by atoms with Crippen molar-refractivity contribution < 1.29 is 4.79 Å². The quantitative estimate of drug-likeness (QED) is 0.764. The van der Waals surface area contributed by atoms with Gasteiger partial charge >= 0.3 is 0 Å². The minimum Gasteiger partial charge on any atom is -0.351 e. The summed E-state index contributed by atoms with van der Waals surface area (Å²) in [5, 5.41) is 6.73. The molecule has 0 aliphatic carbocycles. The monoisotopic (exact) mass is 393 g/mol. The molecule has 1 heterocycles. The topological polar surface area (TPSA) is 44.4 Å². The molecule has 0 aromatic heterocycles. The minimum atomic E-state index is -0.100. The van der Waals surface area contributed by atoms with Gasteiger partial charge in [0.05, 0.1) is 10.6 Å². The highest BCUT2D eigenvalue weighted by atomic mass is 127. The summed E-state index contributed by atoms with van der Waals surface area (Å²) in [6.07, 6.45) is 0. The largest absolute Gasteiger partial charge is 0.351 e. The van der Waals surface area contributed by atoms with Gasteiger partial charge < -0.3 is 10.6 Å². The average Bonchev–Trinajstić information content (AvgIpc) is 2.39. The molecule has 19 heavy (non-hydrogen) atoms. The first-order valence-electron chi connectivity index (χ1n) is 6.33. The van der Waals surface area contributed by atoms with Crippen LogP contribution in [0.3, 0.4) is 0 Å². The third kappa shape index (κ3) is 4.59. The van der Waals surface area contributed by atoms with E-state index in [0.29, 0.717) is 17.1 Å². The Balaban J connectivity index is 1.80. The van der Waals surface area contributed by atoms with Gasteiger partial charge in [0.15, 0.2) is 0 Å². The number of rotatable bonds is 4. The molecule has 0 unspecified atom stereocenters. The van der Waals surface area contributed by atoms with Crippen molar-refractivity contribution in [2.75, 3.05) is 39.3 Å². The maximum Gasteiger partial charge on any atom is 0.252 e. The standard InChI is InChI=1S/C13H17ClIN3O/c14-12-9-10(15)1-2-11(12)13(19)17-5-8-18-6-3-16-4-7-18/h1-2,9,16H,3-8H2,(H,17,19). The van der Waals surface area contributed by atoms with Crippen LogP contribution in [-0.4, -0.2) is 50.1 Å². The molecule has 104 valence electrons. The molecule has 1 aromatic carbocycles. The van der Waals surface area contributed by atoms with Crippen molar-refractivity contribution in [3.63, 3.8) is 0 Å². The molecule has 4 nitrogen and oxygen atoms in total. The lowest BCUT2D eigenvalue weighted by atomic mass is 10.2. The number of nitrogens with zero attached hydrogens (tertiary/aromatic N) is 1. The minimum absolute atomic E-state index is 0.100. The van der Waals surface area contributed by atoms with Gasteiger partial charge in [0, 0.05) is 42.8 Å². The molecule has 0 saturated carbocycles. The molecule has 0 bridgehead atoms. The number of carbonyl (C=O) groups is 1. The summed E-state index contributed by atoms with van der Waals surface area (Å²) < 4.78 is 1.03. The number of hydrogen-bond acceptors (Lipinski definition) is 3. The summed E-state index contributed by atoms with van der Waals surface area (Å²) >= 11 is 8.24. The third-order valence-corrected chi connectivity index (χ3v) is 4.08. The Hall–Kier alpha value is -0.370. The van der Waals surface area contributed by atoms with E-state index in [4.69, 9.17) is 11.6 Å². The van der Waals surface area contributed by atoms with Crippen LogP contribution in [-0.2, 0) is 0 Å². The van der Waals surface area contributed by atoms with E-state index in [2.05, 4.69) is 38.1 Å². The van der Waals surface area contributed by atoms with Gasteiger partial charge in [-0.2, -0.15) is 0 Å². The molecule has 6 heteroatoms. The number of halogens is 2. The zero-order valence-corrected chi connectivity index (χ0v) is 13.5. The van der Waals surface area contributed by atoms with Crippen LogP contribution in [0.2, 0.25) is 5.02 Å². The van der Waals surface area contributed by atoms with E-state index < -0.39 is 0 Å². The number of nitrogens with one attached hydrogen (secondary N) is 2. The molecule has 1 aromatic rings. The number of carbonyl (C=O) groups excluding carboxylic acids is 1. The number of benzene rings is 1. The predicted molar refractivity (Wildman–Crippen MR) is 85.8 cm³/mol. The maximum atomic E-state index is 12.0. The number of amides is 1. The van der Waals surface area contributed by atoms with Crippen molar-refractivity contribution in [2.45, 2.75) is 0 Å². The van der Waals surface area contributed by atoms with Crippen LogP contribution in [0.15, 0.2) is 18.2 Å². The second kappa shape index (κ2) is 7.42. The number of piperazine rings is 1. The molecule has 1 saturated heterocycles. The van der Waals surface area contributed by atoms with Crippen LogP contribution in [0, 0.1) is 3.57 Å². The Kier molecular flexibility index (Phi) is 5.87. The fraction of sp³-hybridized carbons (Fsp3) is 0.462. The average molecular weight is 394 g/mol. The predicted octanol–water partition coefficient (Wildman–Crippen LogP) is 1.58. The van der Waals surface area contributed by atoms with Crippen molar-refractivity contribution in [3.05, 3.63) is 32.4 Å². The summed E-state index contributed by atoms with van der Waals surface area (Å²) in [4.78, 5) is 14.3. The molecule has 1 aliphatic rings. The summed E-state index contributed by atoms with van der Waals surface area (Å²) in [6, 6.07) is 5.45. The Morgan fingerprint density at radius 3 is 2.84 bits per heavy atom. The highest BCUT2D eigenvalue weighted by Crippen LogP contribution is 2.18. The fourth-order valence-electron chi connectivity index (χ4n) is 2.03. The Morgan fingerprint density at radius 2 is 2.16 bits per heavy atom. The maximum absolute atomic E-state index is 12.0. The number of hydrogen-bond donors (Lipinski definition) is 2. The van der Waals surface area contributed by atoms with Crippen LogP contribution in [0.1, 0.15) is 10.4 Å². The van der Waals surface area contributed by atoms with E-state index in [9.17, 15) is 4.79 Å². The van der Waals surface area contributed by atoms with Gasteiger partial charge in [0.1, 0.15) is 0 Å². The van der Waals surface area contributed by atoms with Gasteiger partial charge in [0.2, 0.25) is 0 Å². The van der Waals surface area contributed by atoms with Crippen LogP contribution in [0.5, 0.6) is 0 Å². The first-order valence-corrected chi connectivity index (χ1v) is 7.79. The van der Waals surface area contributed by atoms with Gasteiger partial charge in [-0.15, -0.1) is 0 Å². The molecular formula is C13H17ClIN3O. The van der Waals surface area contributed by atoms with Crippen LogP contribution in [0.25, 0.3) is 0 Å². The van der Waals surface area contributed by atoms with E-state index in [1.807, 2.05) is 6.07 Å². The second-order valence-electron chi connectivity index (χ2n) is 4.47. The van der Waals surface area contributed by atoms with E-state index in [1.54, 1.807) is 12.1 Å². The van der Waals surface area contributed by atoms with Crippen molar-refractivity contribution >= 4 is 40.1 Å². The SMILES string of the molecule is O=C(NCCN1CCNCC1)c1ccc(I)cc1Cl. The van der Waals surface area contributed by atoms with Crippen LogP contribution < -0.4 is 10.6 Å². The van der Waals surface area contributed by atoms with Crippen LogP contribution in [0.4, 0.5) is 0 Å². The Labute approximate surface area is 132 Å². The Morgan fingerprint density at radius 1 is 1.42 bits per heavy atom. The highest BCUT2D eigenvalue weighted by molar-refractivity contribution is 14.1. The zero-order chi connectivity index (χ0) is 13.7. The molecule has 1 fully saturated rings. The molecular weight excluding hydrogens is 377 g/mol. The van der Waals surface area contributed by atoms with E-state index >= 15 is 0 Å². The van der Waals surface area contributed by atoms with E-state index in [0.717, 1.165) is 36.3 Å². The first-order chi connectivity index (χ1) is 9.16. The summed E-state index contributed by atoms with van der Waals surface area (Å²) in [7, 11) is 0. The lowest BCUT2D eigenvalue weighted by Crippen LogP contribution is -2.46. The molecule has 2 rings (SSSR count). The van der Waals surface area contributed by atoms with Gasteiger partial charge in [-0.3, -0.25) is 9.69 Å². The molecule has 0 atom stereocenters. The lowest BCUT2D eigenvalue weighted by Gasteiger charge is -2.27. The molecule has 1 aliphatic heterocycles. The molecule has 1 amide bonds. The Bertz CT molecular complexity index is 450. The lowest BCUT2D eigenvalue weighted by molar-refractivity contribution is 0.0947. The molecule has 0 spiro atoms. The first kappa shape index (κ1) is 15.0. The van der Waals surface area contributed by atoms with Crippen molar-refractivity contribution in [3.8, 4) is 0 Å². The van der Waals surface area contributed by atoms with Gasteiger partial charge in [-0.1, -0.05) is 11.6 Å². The normalized spacial score (nSPS) is 16.3. The molecule has 2 N–H and O–H groups in total. The zero-order valence-electron chi connectivity index (χ0n) is 10.6.